The number of benzene rings is 2. The summed E-state index contributed by atoms with van der Waals surface area (Å²) in [7, 11) is -3.69. The number of nitro benzene ring substituents is 1. The highest BCUT2D eigenvalue weighted by Gasteiger charge is 2.21. The Balaban J connectivity index is 2.13. The third-order valence-electron chi connectivity index (χ3n) is 4.23. The van der Waals surface area contributed by atoms with Gasteiger partial charge >= 0.3 is 0 Å². The van der Waals surface area contributed by atoms with Gasteiger partial charge in [-0.05, 0) is 48.8 Å². The van der Waals surface area contributed by atoms with Gasteiger partial charge in [-0.2, -0.15) is 0 Å². The van der Waals surface area contributed by atoms with E-state index >= 15 is 0 Å². The van der Waals surface area contributed by atoms with Gasteiger partial charge in [-0.3, -0.25) is 10.1 Å². The van der Waals surface area contributed by atoms with Crippen LogP contribution < -0.4 is 4.72 Å². The first-order valence-electron chi connectivity index (χ1n) is 9.10. The third-order valence-corrected chi connectivity index (χ3v) is 5.75. The van der Waals surface area contributed by atoms with Crippen LogP contribution in [0.4, 0.5) is 5.69 Å². The maximum absolute atomic E-state index is 12.6. The summed E-state index contributed by atoms with van der Waals surface area (Å²) in [6.45, 7) is 4.17. The zero-order valence-electron chi connectivity index (χ0n) is 15.7. The summed E-state index contributed by atoms with van der Waals surface area (Å²) in [5, 5.41) is 11.1. The van der Waals surface area contributed by atoms with Gasteiger partial charge in [0.15, 0.2) is 0 Å². The minimum Gasteiger partial charge on any atom is -0.258 e. The van der Waals surface area contributed by atoms with Crippen molar-refractivity contribution in [3.05, 3.63) is 69.8 Å². The Labute approximate surface area is 160 Å². The highest BCUT2D eigenvalue weighted by atomic mass is 32.2. The quantitative estimate of drug-likeness (QED) is 0.376. The van der Waals surface area contributed by atoms with E-state index in [4.69, 9.17) is 0 Å². The molecule has 0 saturated carbocycles. The van der Waals surface area contributed by atoms with Gasteiger partial charge in [-0.1, -0.05) is 44.2 Å². The molecule has 0 spiro atoms. The van der Waals surface area contributed by atoms with Crippen molar-refractivity contribution in [2.24, 2.45) is 5.92 Å². The molecule has 0 fully saturated rings. The van der Waals surface area contributed by atoms with Crippen LogP contribution in [0.3, 0.4) is 0 Å². The van der Waals surface area contributed by atoms with Crippen molar-refractivity contribution in [3.8, 4) is 0 Å². The molecule has 146 valence electrons. The lowest BCUT2D eigenvalue weighted by Gasteiger charge is -2.13. The largest absolute Gasteiger partial charge is 0.269 e. The highest BCUT2D eigenvalue weighted by molar-refractivity contribution is 7.89. The normalized spacial score (nSPS) is 11.7. The summed E-state index contributed by atoms with van der Waals surface area (Å²) in [4.78, 5) is 10.7. The number of hydrogen-bond donors (Lipinski definition) is 1. The Hall–Kier alpha value is -2.25. The van der Waals surface area contributed by atoms with E-state index < -0.39 is 14.9 Å². The zero-order valence-corrected chi connectivity index (χ0v) is 16.5. The molecule has 0 bridgehead atoms. The Morgan fingerprint density at radius 1 is 1.04 bits per heavy atom. The molecule has 0 aromatic heterocycles. The van der Waals surface area contributed by atoms with Crippen molar-refractivity contribution in [1.29, 1.82) is 0 Å². The topological polar surface area (TPSA) is 89.3 Å². The van der Waals surface area contributed by atoms with Crippen LogP contribution in [-0.2, 0) is 22.9 Å². The average Bonchev–Trinajstić information content (AvgIpc) is 2.64. The summed E-state index contributed by atoms with van der Waals surface area (Å²) in [6.07, 6.45) is 3.00. The van der Waals surface area contributed by atoms with Crippen LogP contribution in [0.15, 0.2) is 53.4 Å². The van der Waals surface area contributed by atoms with Crippen molar-refractivity contribution in [1.82, 2.24) is 4.72 Å². The van der Waals surface area contributed by atoms with Crippen LogP contribution in [0.25, 0.3) is 0 Å². The Morgan fingerprint density at radius 3 is 2.33 bits per heavy atom. The lowest BCUT2D eigenvalue weighted by Crippen LogP contribution is -2.28. The number of rotatable bonds is 10. The highest BCUT2D eigenvalue weighted by Crippen LogP contribution is 2.24. The van der Waals surface area contributed by atoms with Crippen molar-refractivity contribution in [2.75, 3.05) is 6.54 Å². The standard InChI is InChI=1S/C20H26N2O4S/c1-16(2)15-21-27(25,26)20-13-12-19(22(23)24)14-18(20)11-7-6-10-17-8-4-3-5-9-17/h3-5,8-9,12-14,16,21H,6-7,10-11,15H2,1-2H3. The first-order valence-corrected chi connectivity index (χ1v) is 10.6. The van der Waals surface area contributed by atoms with E-state index in [1.165, 1.54) is 23.8 Å². The van der Waals surface area contributed by atoms with E-state index in [0.29, 0.717) is 18.5 Å². The molecule has 2 rings (SSSR count). The molecule has 0 heterocycles. The van der Waals surface area contributed by atoms with Crippen molar-refractivity contribution in [2.45, 2.75) is 44.4 Å². The zero-order chi connectivity index (χ0) is 19.9. The fourth-order valence-electron chi connectivity index (χ4n) is 2.78. The van der Waals surface area contributed by atoms with E-state index in [1.807, 2.05) is 32.0 Å². The predicted molar refractivity (Wildman–Crippen MR) is 106 cm³/mol. The number of non-ortho nitro benzene ring substituents is 1. The molecule has 0 unspecified atom stereocenters. The minimum atomic E-state index is -3.69. The number of nitrogens with one attached hydrogen (secondary N) is 1. The van der Waals surface area contributed by atoms with Crippen LogP contribution in [0.1, 0.15) is 37.8 Å². The number of sulfonamides is 1. The SMILES string of the molecule is CC(C)CNS(=O)(=O)c1ccc([N+](=O)[O-])cc1CCCCc1ccccc1. The Morgan fingerprint density at radius 2 is 1.70 bits per heavy atom. The van der Waals surface area contributed by atoms with Crippen molar-refractivity contribution >= 4 is 15.7 Å². The molecular formula is C20H26N2O4S. The average molecular weight is 391 g/mol. The first kappa shape index (κ1) is 21.1. The molecule has 1 N–H and O–H groups in total. The number of hydrogen-bond acceptors (Lipinski definition) is 4. The van der Waals surface area contributed by atoms with Gasteiger partial charge in [0.05, 0.1) is 9.82 Å². The van der Waals surface area contributed by atoms with Gasteiger partial charge in [-0.15, -0.1) is 0 Å². The van der Waals surface area contributed by atoms with Crippen molar-refractivity contribution < 1.29 is 13.3 Å². The minimum absolute atomic E-state index is 0.0872. The molecule has 0 aliphatic heterocycles. The molecule has 0 aliphatic carbocycles. The lowest BCUT2D eigenvalue weighted by molar-refractivity contribution is -0.385. The molecule has 2 aromatic rings. The second-order valence-corrected chi connectivity index (χ2v) is 8.72. The van der Waals surface area contributed by atoms with Crippen LogP contribution in [0.5, 0.6) is 0 Å². The maximum atomic E-state index is 12.6. The molecule has 2 aromatic carbocycles. The molecule has 0 atom stereocenters. The lowest BCUT2D eigenvalue weighted by atomic mass is 10.0. The molecule has 7 heteroatoms. The fourth-order valence-corrected chi connectivity index (χ4v) is 4.24. The smallest absolute Gasteiger partial charge is 0.258 e. The summed E-state index contributed by atoms with van der Waals surface area (Å²) in [6, 6.07) is 14.0. The molecule has 6 nitrogen and oxygen atoms in total. The summed E-state index contributed by atoms with van der Waals surface area (Å²) in [5.74, 6) is 0.173. The number of nitrogens with zero attached hydrogens (tertiary/aromatic N) is 1. The van der Waals surface area contributed by atoms with E-state index in [-0.39, 0.29) is 16.5 Å². The molecule has 0 aliphatic rings. The molecule has 27 heavy (non-hydrogen) atoms. The summed E-state index contributed by atoms with van der Waals surface area (Å²) < 4.78 is 27.8. The van der Waals surface area contributed by atoms with Gasteiger partial charge < -0.3 is 0 Å². The first-order chi connectivity index (χ1) is 12.8. The second kappa shape index (κ2) is 9.62. The van der Waals surface area contributed by atoms with E-state index in [2.05, 4.69) is 16.9 Å². The van der Waals surface area contributed by atoms with E-state index in [9.17, 15) is 18.5 Å². The fraction of sp³-hybridized carbons (Fsp3) is 0.400. The molecule has 0 radical (unpaired) electrons. The second-order valence-electron chi connectivity index (χ2n) is 6.99. The van der Waals surface area contributed by atoms with Gasteiger partial charge in [0, 0.05) is 18.7 Å². The molecule has 0 amide bonds. The van der Waals surface area contributed by atoms with Crippen LogP contribution in [0, 0.1) is 16.0 Å². The van der Waals surface area contributed by atoms with E-state index in [0.717, 1.165) is 19.3 Å². The number of nitro groups is 1. The monoisotopic (exact) mass is 390 g/mol. The Bertz CT molecular complexity index is 865. The molecule has 0 saturated heterocycles. The predicted octanol–water partition coefficient (Wildman–Crippen LogP) is 4.09. The van der Waals surface area contributed by atoms with E-state index in [1.54, 1.807) is 0 Å². The van der Waals surface area contributed by atoms with Gasteiger partial charge in [0.25, 0.3) is 5.69 Å². The van der Waals surface area contributed by atoms with Crippen LogP contribution >= 0.6 is 0 Å². The van der Waals surface area contributed by atoms with Crippen LogP contribution in [0.2, 0.25) is 0 Å². The number of aryl methyl sites for hydroxylation is 2. The maximum Gasteiger partial charge on any atom is 0.269 e. The number of unbranched alkanes of at least 4 members (excludes halogenated alkanes) is 1. The summed E-state index contributed by atoms with van der Waals surface area (Å²) in [5.41, 5.74) is 1.63. The summed E-state index contributed by atoms with van der Waals surface area (Å²) >= 11 is 0. The van der Waals surface area contributed by atoms with Crippen LogP contribution in [-0.4, -0.2) is 19.9 Å². The third kappa shape index (κ3) is 6.45. The van der Waals surface area contributed by atoms with Gasteiger partial charge in [0.1, 0.15) is 0 Å². The molecular weight excluding hydrogens is 364 g/mol. The van der Waals surface area contributed by atoms with Crippen molar-refractivity contribution in [3.63, 3.8) is 0 Å². The Kier molecular flexibility index (Phi) is 7.50. The van der Waals surface area contributed by atoms with Gasteiger partial charge in [0.2, 0.25) is 10.0 Å². The van der Waals surface area contributed by atoms with Gasteiger partial charge in [-0.25, -0.2) is 13.1 Å².